The normalized spacial score (nSPS) is 16.2. The number of aryl methyl sites for hydroxylation is 1. The summed E-state index contributed by atoms with van der Waals surface area (Å²) < 4.78 is 0. The van der Waals surface area contributed by atoms with Gasteiger partial charge in [0.1, 0.15) is 0 Å². The molecular formula is C14H21N3O2. The van der Waals surface area contributed by atoms with Crippen LogP contribution in [0.4, 0.5) is 5.95 Å². The van der Waals surface area contributed by atoms with Crippen molar-refractivity contribution in [3.05, 3.63) is 17.5 Å². The number of hydrogen-bond donors (Lipinski definition) is 1. The Kier molecular flexibility index (Phi) is 4.71. The highest BCUT2D eigenvalue weighted by molar-refractivity contribution is 5.88. The largest absolute Gasteiger partial charge is 0.478 e. The molecule has 5 heteroatoms. The van der Waals surface area contributed by atoms with Crippen molar-refractivity contribution in [2.75, 3.05) is 18.0 Å². The molecular weight excluding hydrogens is 242 g/mol. The number of carbonyl (C=O) groups is 1. The molecule has 1 N–H and O–H groups in total. The third-order valence-electron chi connectivity index (χ3n) is 3.46. The molecule has 2 heterocycles. The molecule has 19 heavy (non-hydrogen) atoms. The van der Waals surface area contributed by atoms with Crippen LogP contribution in [0.25, 0.3) is 0 Å². The van der Waals surface area contributed by atoms with Crippen molar-refractivity contribution in [1.29, 1.82) is 0 Å². The maximum atomic E-state index is 11.1. The summed E-state index contributed by atoms with van der Waals surface area (Å²) in [5, 5.41) is 9.14. The van der Waals surface area contributed by atoms with Crippen LogP contribution in [-0.4, -0.2) is 34.1 Å². The highest BCUT2D eigenvalue weighted by Crippen LogP contribution is 2.18. The van der Waals surface area contributed by atoms with Crippen LogP contribution in [0.1, 0.15) is 55.1 Å². The van der Waals surface area contributed by atoms with Gasteiger partial charge < -0.3 is 10.0 Å². The summed E-state index contributed by atoms with van der Waals surface area (Å²) in [7, 11) is 0. The molecule has 0 bridgehead atoms. The number of aromatic nitrogens is 2. The molecule has 0 saturated carbocycles. The lowest BCUT2D eigenvalue weighted by molar-refractivity contribution is 0.0694. The van der Waals surface area contributed by atoms with E-state index >= 15 is 0 Å². The molecule has 1 fully saturated rings. The lowest BCUT2D eigenvalue weighted by Gasteiger charge is -2.20. The molecule has 5 nitrogen and oxygen atoms in total. The van der Waals surface area contributed by atoms with Crippen molar-refractivity contribution in [3.63, 3.8) is 0 Å². The van der Waals surface area contributed by atoms with Gasteiger partial charge in [0.2, 0.25) is 5.95 Å². The van der Waals surface area contributed by atoms with Gasteiger partial charge in [0.15, 0.2) is 0 Å². The first-order chi connectivity index (χ1) is 9.22. The standard InChI is InChI=1S/C14H21N3O2/c1-2-7-12-11(13(18)19)10-15-14(16-12)17-8-5-3-4-6-9-17/h10H,2-9H2,1H3,(H,18,19). The van der Waals surface area contributed by atoms with Crippen LogP contribution in [0.2, 0.25) is 0 Å². The van der Waals surface area contributed by atoms with E-state index in [0.29, 0.717) is 18.1 Å². The van der Waals surface area contributed by atoms with E-state index in [9.17, 15) is 4.79 Å². The third-order valence-corrected chi connectivity index (χ3v) is 3.46. The van der Waals surface area contributed by atoms with Gasteiger partial charge in [-0.3, -0.25) is 0 Å². The van der Waals surface area contributed by atoms with E-state index in [1.54, 1.807) is 0 Å². The Morgan fingerprint density at radius 1 is 1.32 bits per heavy atom. The molecule has 1 aliphatic heterocycles. The zero-order valence-electron chi connectivity index (χ0n) is 11.4. The van der Waals surface area contributed by atoms with E-state index in [-0.39, 0.29) is 5.56 Å². The molecule has 0 radical (unpaired) electrons. The van der Waals surface area contributed by atoms with E-state index in [1.807, 2.05) is 6.92 Å². The van der Waals surface area contributed by atoms with Crippen LogP contribution in [-0.2, 0) is 6.42 Å². The lowest BCUT2D eigenvalue weighted by atomic mass is 10.1. The number of rotatable bonds is 4. The molecule has 0 spiro atoms. The maximum Gasteiger partial charge on any atom is 0.339 e. The van der Waals surface area contributed by atoms with E-state index in [1.165, 1.54) is 19.0 Å². The minimum Gasteiger partial charge on any atom is -0.478 e. The monoisotopic (exact) mass is 263 g/mol. The van der Waals surface area contributed by atoms with Crippen molar-refractivity contribution in [3.8, 4) is 0 Å². The van der Waals surface area contributed by atoms with Gasteiger partial charge in [0, 0.05) is 19.3 Å². The third kappa shape index (κ3) is 3.43. The van der Waals surface area contributed by atoms with Gasteiger partial charge >= 0.3 is 5.97 Å². The predicted molar refractivity (Wildman–Crippen MR) is 73.7 cm³/mol. The minimum atomic E-state index is -0.939. The average Bonchev–Trinajstić information content (AvgIpc) is 2.67. The number of nitrogens with zero attached hydrogens (tertiary/aromatic N) is 3. The van der Waals surface area contributed by atoms with E-state index in [2.05, 4.69) is 14.9 Å². The molecule has 1 saturated heterocycles. The summed E-state index contributed by atoms with van der Waals surface area (Å²) >= 11 is 0. The molecule has 0 aromatic carbocycles. The van der Waals surface area contributed by atoms with Crippen LogP contribution in [0.5, 0.6) is 0 Å². The predicted octanol–water partition coefficient (Wildman–Crippen LogP) is 2.51. The molecule has 2 rings (SSSR count). The van der Waals surface area contributed by atoms with Crippen LogP contribution >= 0.6 is 0 Å². The van der Waals surface area contributed by atoms with Crippen molar-refractivity contribution in [2.24, 2.45) is 0 Å². The smallest absolute Gasteiger partial charge is 0.339 e. The topological polar surface area (TPSA) is 66.3 Å². The molecule has 104 valence electrons. The minimum absolute atomic E-state index is 0.237. The van der Waals surface area contributed by atoms with Crippen LogP contribution < -0.4 is 4.90 Å². The maximum absolute atomic E-state index is 11.1. The number of anilines is 1. The van der Waals surface area contributed by atoms with Gasteiger partial charge in [-0.1, -0.05) is 26.2 Å². The van der Waals surface area contributed by atoms with E-state index in [4.69, 9.17) is 5.11 Å². The molecule has 1 aliphatic rings. The SMILES string of the molecule is CCCc1nc(N2CCCCCC2)ncc1C(=O)O. The summed E-state index contributed by atoms with van der Waals surface area (Å²) in [6.07, 6.45) is 7.86. The second-order valence-corrected chi connectivity index (χ2v) is 4.99. The zero-order chi connectivity index (χ0) is 13.7. The van der Waals surface area contributed by atoms with E-state index in [0.717, 1.165) is 32.4 Å². The van der Waals surface area contributed by atoms with Gasteiger partial charge in [0.05, 0.1) is 11.3 Å². The van der Waals surface area contributed by atoms with Gasteiger partial charge in [0.25, 0.3) is 0 Å². The summed E-state index contributed by atoms with van der Waals surface area (Å²) in [6.45, 7) is 3.97. The molecule has 1 aromatic heterocycles. The fourth-order valence-corrected chi connectivity index (χ4v) is 2.44. The fraction of sp³-hybridized carbons (Fsp3) is 0.643. The van der Waals surface area contributed by atoms with E-state index < -0.39 is 5.97 Å². The molecule has 0 amide bonds. The molecule has 0 unspecified atom stereocenters. The first kappa shape index (κ1) is 13.8. The van der Waals surface area contributed by atoms with Gasteiger partial charge in [-0.05, 0) is 19.3 Å². The molecule has 0 atom stereocenters. The van der Waals surface area contributed by atoms with Crippen molar-refractivity contribution < 1.29 is 9.90 Å². The van der Waals surface area contributed by atoms with Crippen molar-refractivity contribution in [1.82, 2.24) is 9.97 Å². The number of carboxylic acid groups (broad SMARTS) is 1. The summed E-state index contributed by atoms with van der Waals surface area (Å²) in [6, 6.07) is 0. The molecule has 1 aromatic rings. The fourth-order valence-electron chi connectivity index (χ4n) is 2.44. The second kappa shape index (κ2) is 6.50. The highest BCUT2D eigenvalue weighted by Gasteiger charge is 2.17. The van der Waals surface area contributed by atoms with Gasteiger partial charge in [-0.25, -0.2) is 14.8 Å². The van der Waals surface area contributed by atoms with Crippen molar-refractivity contribution in [2.45, 2.75) is 45.4 Å². The summed E-state index contributed by atoms with van der Waals surface area (Å²) in [5.41, 5.74) is 0.893. The highest BCUT2D eigenvalue weighted by atomic mass is 16.4. The summed E-state index contributed by atoms with van der Waals surface area (Å²) in [5.74, 6) is -0.249. The van der Waals surface area contributed by atoms with Crippen LogP contribution in [0.3, 0.4) is 0 Å². The Morgan fingerprint density at radius 2 is 2.00 bits per heavy atom. The Hall–Kier alpha value is -1.65. The average molecular weight is 263 g/mol. The number of carboxylic acids is 1. The summed E-state index contributed by atoms with van der Waals surface area (Å²) in [4.78, 5) is 22.0. The number of aromatic carboxylic acids is 1. The Morgan fingerprint density at radius 3 is 2.58 bits per heavy atom. The van der Waals surface area contributed by atoms with Crippen LogP contribution in [0, 0.1) is 0 Å². The Labute approximate surface area is 113 Å². The van der Waals surface area contributed by atoms with Crippen LogP contribution in [0.15, 0.2) is 6.20 Å². The molecule has 0 aliphatic carbocycles. The zero-order valence-corrected chi connectivity index (χ0v) is 11.4. The lowest BCUT2D eigenvalue weighted by Crippen LogP contribution is -2.26. The second-order valence-electron chi connectivity index (χ2n) is 4.99. The van der Waals surface area contributed by atoms with Crippen molar-refractivity contribution >= 4 is 11.9 Å². The quantitative estimate of drug-likeness (QED) is 0.904. The Bertz CT molecular complexity index is 440. The first-order valence-corrected chi connectivity index (χ1v) is 7.06. The van der Waals surface area contributed by atoms with Gasteiger partial charge in [-0.15, -0.1) is 0 Å². The first-order valence-electron chi connectivity index (χ1n) is 7.06. The number of hydrogen-bond acceptors (Lipinski definition) is 4. The van der Waals surface area contributed by atoms with Gasteiger partial charge in [-0.2, -0.15) is 0 Å². The Balaban J connectivity index is 2.25.